The zero-order valence-electron chi connectivity index (χ0n) is 27.3. The van der Waals surface area contributed by atoms with Crippen LogP contribution < -0.4 is 9.46 Å². The molecule has 7 rings (SSSR count). The summed E-state index contributed by atoms with van der Waals surface area (Å²) in [4.78, 5) is 48.7. The highest BCUT2D eigenvalue weighted by molar-refractivity contribution is 7.91. The molecule has 0 radical (unpaired) electrons. The Morgan fingerprint density at radius 1 is 1.06 bits per heavy atom. The number of nitrogens with zero attached hydrogens (tertiary/aromatic N) is 2. The molecule has 2 saturated carbocycles. The van der Waals surface area contributed by atoms with Crippen LogP contribution in [0.15, 0.2) is 71.2 Å². The van der Waals surface area contributed by atoms with Gasteiger partial charge in [0.2, 0.25) is 21.8 Å². The number of aromatic nitrogens is 1. The van der Waals surface area contributed by atoms with Crippen molar-refractivity contribution in [3.63, 3.8) is 0 Å². The van der Waals surface area contributed by atoms with Gasteiger partial charge in [0, 0.05) is 18.8 Å². The normalized spacial score (nSPS) is 29.6. The van der Waals surface area contributed by atoms with Crippen LogP contribution in [0.25, 0.3) is 11.1 Å². The lowest BCUT2D eigenvalue weighted by Gasteiger charge is -2.29. The van der Waals surface area contributed by atoms with Gasteiger partial charge < -0.3 is 14.1 Å². The van der Waals surface area contributed by atoms with Gasteiger partial charge in [0.1, 0.15) is 11.6 Å². The SMILES string of the molecule is CC1(S(=O)(=O)NC(=O)[C@]23CC(=O)[C@@H]4C[C@@H](Oc5nc6ccccc6o5)CN4C(=O)[C@@H](Cc4ccccc4)CCCCC/C=C\[C@@H]2C3)CC1. The van der Waals surface area contributed by atoms with Crippen molar-refractivity contribution in [3.8, 4) is 6.08 Å². The predicted molar refractivity (Wildman–Crippen MR) is 179 cm³/mol. The average Bonchev–Trinajstić information content (AvgIpc) is 3.87. The van der Waals surface area contributed by atoms with Gasteiger partial charge in [-0.1, -0.05) is 67.5 Å². The first kappa shape index (κ1) is 32.6. The minimum Gasteiger partial charge on any atom is -0.445 e. The fourth-order valence-corrected chi connectivity index (χ4v) is 8.70. The molecule has 1 aromatic heterocycles. The van der Waals surface area contributed by atoms with E-state index in [0.717, 1.165) is 31.2 Å². The molecule has 48 heavy (non-hydrogen) atoms. The molecule has 0 unspecified atom stereocenters. The van der Waals surface area contributed by atoms with E-state index in [9.17, 15) is 22.8 Å². The number of fused-ring (bicyclic) bond motifs is 3. The van der Waals surface area contributed by atoms with Crippen molar-refractivity contribution in [1.82, 2.24) is 14.6 Å². The van der Waals surface area contributed by atoms with Crippen molar-refractivity contribution in [2.45, 2.75) is 94.4 Å². The van der Waals surface area contributed by atoms with Crippen molar-refractivity contribution < 1.29 is 32.0 Å². The Morgan fingerprint density at radius 2 is 1.83 bits per heavy atom. The Bertz CT molecular complexity index is 1800. The average molecular weight is 674 g/mol. The second kappa shape index (κ2) is 12.8. The number of oxazole rings is 1. The molecule has 2 aliphatic heterocycles. The first-order valence-electron chi connectivity index (χ1n) is 17.2. The number of sulfonamides is 1. The summed E-state index contributed by atoms with van der Waals surface area (Å²) < 4.78 is 39.6. The van der Waals surface area contributed by atoms with E-state index in [0.29, 0.717) is 43.2 Å². The maximum atomic E-state index is 14.5. The van der Waals surface area contributed by atoms with E-state index >= 15 is 0 Å². The van der Waals surface area contributed by atoms with Gasteiger partial charge in [-0.2, -0.15) is 4.98 Å². The molecule has 11 heteroatoms. The summed E-state index contributed by atoms with van der Waals surface area (Å²) in [5, 5.41) is 0. The highest BCUT2D eigenvalue weighted by atomic mass is 32.2. The molecule has 0 bridgehead atoms. The molecule has 2 aromatic carbocycles. The summed E-state index contributed by atoms with van der Waals surface area (Å²) >= 11 is 0. The van der Waals surface area contributed by atoms with Crippen LogP contribution in [-0.2, 0) is 30.8 Å². The summed E-state index contributed by atoms with van der Waals surface area (Å²) in [6, 6.07) is 16.4. The standard InChI is InChI=1S/C37H43N3O7S/c1-36(18-19-36)48(44,45)39-34(43)37-22-27(37)15-9-4-2-3-8-14-26(20-25-12-6-5-7-13-25)33(42)40-24-28(21-30(40)31(41)23-37)46-35-38-29-16-10-11-17-32(29)47-35/h5-7,9-13,15-17,26-28,30H,2-4,8,14,18-24H2,1H3,(H,39,43)/b15-9-/t26-,27-,28-,30+,37-/m1/s1. The van der Waals surface area contributed by atoms with Crippen molar-refractivity contribution in [3.05, 3.63) is 72.3 Å². The second-order valence-corrected chi connectivity index (χ2v) is 16.6. The van der Waals surface area contributed by atoms with E-state index in [2.05, 4.69) is 15.8 Å². The fraction of sp³-hybridized carbons (Fsp3) is 0.514. The molecule has 3 aromatic rings. The van der Waals surface area contributed by atoms with Crippen LogP contribution in [0.3, 0.4) is 0 Å². The zero-order chi connectivity index (χ0) is 33.5. The predicted octanol–water partition coefficient (Wildman–Crippen LogP) is 5.52. The summed E-state index contributed by atoms with van der Waals surface area (Å²) in [5.41, 5.74) is 1.10. The first-order valence-corrected chi connectivity index (χ1v) is 18.7. The molecule has 3 fully saturated rings. The highest BCUT2D eigenvalue weighted by Gasteiger charge is 2.62. The Balaban J connectivity index is 1.18. The molecule has 2 amide bonds. The molecular weight excluding hydrogens is 630 g/mol. The molecule has 5 atom stereocenters. The number of allylic oxidation sites excluding steroid dienone is 2. The van der Waals surface area contributed by atoms with Gasteiger partial charge >= 0.3 is 6.08 Å². The van der Waals surface area contributed by atoms with Gasteiger partial charge in [0.25, 0.3) is 0 Å². The molecule has 1 saturated heterocycles. The van der Waals surface area contributed by atoms with E-state index in [1.54, 1.807) is 17.9 Å². The van der Waals surface area contributed by atoms with Gasteiger partial charge in [-0.3, -0.25) is 19.1 Å². The number of hydrogen-bond donors (Lipinski definition) is 1. The number of hydrogen-bond acceptors (Lipinski definition) is 8. The number of carbonyl (C=O) groups is 3. The highest BCUT2D eigenvalue weighted by Crippen LogP contribution is 2.57. The molecule has 0 spiro atoms. The molecule has 10 nitrogen and oxygen atoms in total. The number of ketones is 1. The molecule has 2 aliphatic carbocycles. The summed E-state index contributed by atoms with van der Waals surface area (Å²) in [6.45, 7) is 1.81. The Kier molecular flexibility index (Phi) is 8.68. The van der Waals surface area contributed by atoms with E-state index in [1.165, 1.54) is 0 Å². The Morgan fingerprint density at radius 3 is 2.60 bits per heavy atom. The minimum absolute atomic E-state index is 0.0756. The van der Waals surface area contributed by atoms with Crippen LogP contribution >= 0.6 is 0 Å². The lowest BCUT2D eigenvalue weighted by molar-refractivity contribution is -0.142. The summed E-state index contributed by atoms with van der Waals surface area (Å²) in [6.07, 6.45) is 9.81. The number of benzene rings is 2. The fourth-order valence-electron chi connectivity index (χ4n) is 7.36. The number of carbonyl (C=O) groups excluding carboxylic acids is 3. The number of ether oxygens (including phenoxy) is 1. The molecule has 254 valence electrons. The largest absolute Gasteiger partial charge is 0.445 e. The van der Waals surface area contributed by atoms with Crippen molar-refractivity contribution >= 4 is 38.7 Å². The van der Waals surface area contributed by atoms with E-state index < -0.39 is 38.2 Å². The third-order valence-corrected chi connectivity index (χ3v) is 13.0. The summed E-state index contributed by atoms with van der Waals surface area (Å²) in [7, 11) is -3.88. The number of Topliss-reactive ketones (excluding diaryl/α,β-unsaturated/α-hetero) is 1. The Labute approximate surface area is 281 Å². The maximum Gasteiger partial charge on any atom is 0.394 e. The lowest BCUT2D eigenvalue weighted by Crippen LogP contribution is -2.47. The summed E-state index contributed by atoms with van der Waals surface area (Å²) in [5.74, 6) is -1.58. The molecular formula is C37H43N3O7S. The van der Waals surface area contributed by atoms with Crippen LogP contribution in [0.2, 0.25) is 0 Å². The molecule has 3 heterocycles. The quantitative estimate of drug-likeness (QED) is 0.324. The topological polar surface area (TPSA) is 136 Å². The number of para-hydroxylation sites is 2. The van der Waals surface area contributed by atoms with Crippen LogP contribution in [0.5, 0.6) is 6.08 Å². The third kappa shape index (κ3) is 6.53. The second-order valence-electron chi connectivity index (χ2n) is 14.4. The van der Waals surface area contributed by atoms with Gasteiger partial charge in [0.05, 0.1) is 22.7 Å². The third-order valence-electron chi connectivity index (χ3n) is 10.8. The Hall–Kier alpha value is -3.99. The van der Waals surface area contributed by atoms with Gasteiger partial charge in [-0.25, -0.2) is 8.42 Å². The van der Waals surface area contributed by atoms with E-state index in [-0.39, 0.29) is 49.0 Å². The maximum absolute atomic E-state index is 14.5. The van der Waals surface area contributed by atoms with Crippen molar-refractivity contribution in [1.29, 1.82) is 0 Å². The first-order chi connectivity index (χ1) is 23.1. The van der Waals surface area contributed by atoms with Gasteiger partial charge in [-0.15, -0.1) is 0 Å². The number of amides is 2. The van der Waals surface area contributed by atoms with Gasteiger partial charge in [0.15, 0.2) is 11.4 Å². The minimum atomic E-state index is -3.88. The van der Waals surface area contributed by atoms with Crippen LogP contribution in [-0.4, -0.2) is 59.3 Å². The van der Waals surface area contributed by atoms with Crippen LogP contribution in [0.4, 0.5) is 0 Å². The number of rotatable bonds is 7. The molecule has 4 aliphatic rings. The van der Waals surface area contributed by atoms with E-state index in [1.807, 2.05) is 54.6 Å². The number of nitrogens with one attached hydrogen (secondary N) is 1. The van der Waals surface area contributed by atoms with Crippen molar-refractivity contribution in [2.24, 2.45) is 17.3 Å². The van der Waals surface area contributed by atoms with Crippen molar-refractivity contribution in [2.75, 3.05) is 6.54 Å². The smallest absolute Gasteiger partial charge is 0.394 e. The monoisotopic (exact) mass is 673 g/mol. The zero-order valence-corrected chi connectivity index (χ0v) is 28.1. The van der Waals surface area contributed by atoms with Crippen LogP contribution in [0.1, 0.15) is 76.7 Å². The van der Waals surface area contributed by atoms with Gasteiger partial charge in [-0.05, 0) is 75.5 Å². The lowest BCUT2D eigenvalue weighted by atomic mass is 9.90. The van der Waals surface area contributed by atoms with Crippen LogP contribution in [0, 0.1) is 17.3 Å². The molecule has 1 N–H and O–H groups in total. The van der Waals surface area contributed by atoms with E-state index in [4.69, 9.17) is 9.15 Å².